The molecule has 1 rings (SSSR count). The van der Waals surface area contributed by atoms with Gasteiger partial charge in [0.2, 0.25) is 15.9 Å². The molecule has 0 aliphatic heterocycles. The standard InChI is InChI=1S/C12H16FN3O5S/c1-21-12(18)10(7-13)16-11(17)4-6-15-22(19,20)9-3-2-5-14-8-9/h2-3,5,8,10,15H,4,6-7H2,1H3,(H,16,17). The van der Waals surface area contributed by atoms with Crippen LogP contribution in [0.2, 0.25) is 0 Å². The Kier molecular flexibility index (Phi) is 6.86. The van der Waals surface area contributed by atoms with Crippen LogP contribution in [0.1, 0.15) is 6.42 Å². The van der Waals surface area contributed by atoms with E-state index >= 15 is 0 Å². The predicted molar refractivity (Wildman–Crippen MR) is 74.0 cm³/mol. The highest BCUT2D eigenvalue weighted by molar-refractivity contribution is 7.89. The maximum atomic E-state index is 12.6. The van der Waals surface area contributed by atoms with Crippen molar-refractivity contribution in [3.63, 3.8) is 0 Å². The van der Waals surface area contributed by atoms with E-state index in [0.717, 1.165) is 7.11 Å². The minimum Gasteiger partial charge on any atom is -0.467 e. The average molecular weight is 333 g/mol. The maximum Gasteiger partial charge on any atom is 0.331 e. The molecule has 10 heteroatoms. The lowest BCUT2D eigenvalue weighted by molar-refractivity contribution is -0.145. The molecule has 122 valence electrons. The van der Waals surface area contributed by atoms with Crippen LogP contribution in [-0.2, 0) is 24.3 Å². The number of rotatable bonds is 8. The Bertz CT molecular complexity index is 608. The fourth-order valence-electron chi connectivity index (χ4n) is 1.46. The van der Waals surface area contributed by atoms with Crippen molar-refractivity contribution in [2.24, 2.45) is 0 Å². The van der Waals surface area contributed by atoms with Gasteiger partial charge in [-0.25, -0.2) is 22.3 Å². The highest BCUT2D eigenvalue weighted by Gasteiger charge is 2.21. The van der Waals surface area contributed by atoms with Gasteiger partial charge in [0.15, 0.2) is 6.04 Å². The molecule has 1 unspecified atom stereocenters. The van der Waals surface area contributed by atoms with E-state index in [1.54, 1.807) is 0 Å². The molecule has 1 aromatic rings. The summed E-state index contributed by atoms with van der Waals surface area (Å²) < 4.78 is 42.7. The molecule has 22 heavy (non-hydrogen) atoms. The van der Waals surface area contributed by atoms with Crippen LogP contribution >= 0.6 is 0 Å². The summed E-state index contributed by atoms with van der Waals surface area (Å²) in [6.45, 7) is -1.32. The molecule has 0 spiro atoms. The van der Waals surface area contributed by atoms with Gasteiger partial charge in [0.05, 0.1) is 7.11 Å². The van der Waals surface area contributed by atoms with Crippen molar-refractivity contribution in [3.05, 3.63) is 24.5 Å². The fraction of sp³-hybridized carbons (Fsp3) is 0.417. The molecule has 2 N–H and O–H groups in total. The number of pyridine rings is 1. The van der Waals surface area contributed by atoms with Crippen LogP contribution in [0.4, 0.5) is 4.39 Å². The van der Waals surface area contributed by atoms with E-state index < -0.39 is 34.6 Å². The molecule has 1 atom stereocenters. The number of sulfonamides is 1. The summed E-state index contributed by atoms with van der Waals surface area (Å²) in [7, 11) is -2.70. The number of nitrogens with one attached hydrogen (secondary N) is 2. The first-order chi connectivity index (χ1) is 10.4. The van der Waals surface area contributed by atoms with E-state index in [4.69, 9.17) is 0 Å². The first-order valence-electron chi connectivity index (χ1n) is 6.23. The Labute approximate surface area is 127 Å². The van der Waals surface area contributed by atoms with Crippen molar-refractivity contribution in [3.8, 4) is 0 Å². The zero-order chi connectivity index (χ0) is 16.6. The second kappa shape index (κ2) is 8.39. The molecule has 0 saturated carbocycles. The van der Waals surface area contributed by atoms with Gasteiger partial charge in [0.25, 0.3) is 0 Å². The van der Waals surface area contributed by atoms with Gasteiger partial charge in [0, 0.05) is 25.4 Å². The summed E-state index contributed by atoms with van der Waals surface area (Å²) in [6, 6.07) is 1.42. The minimum absolute atomic E-state index is 0.0356. The summed E-state index contributed by atoms with van der Waals surface area (Å²) in [4.78, 5) is 26.3. The van der Waals surface area contributed by atoms with Gasteiger partial charge in [-0.3, -0.25) is 9.78 Å². The normalized spacial score (nSPS) is 12.5. The van der Waals surface area contributed by atoms with Crippen molar-refractivity contribution in [1.29, 1.82) is 0 Å². The van der Waals surface area contributed by atoms with Gasteiger partial charge in [-0.05, 0) is 12.1 Å². The van der Waals surface area contributed by atoms with Crippen molar-refractivity contribution in [1.82, 2.24) is 15.0 Å². The monoisotopic (exact) mass is 333 g/mol. The Morgan fingerprint density at radius 2 is 2.18 bits per heavy atom. The molecule has 0 aliphatic rings. The van der Waals surface area contributed by atoms with E-state index in [9.17, 15) is 22.4 Å². The number of hydrogen-bond acceptors (Lipinski definition) is 6. The molecule has 0 fully saturated rings. The van der Waals surface area contributed by atoms with Crippen LogP contribution in [0, 0.1) is 0 Å². The van der Waals surface area contributed by atoms with E-state index in [0.29, 0.717) is 0 Å². The van der Waals surface area contributed by atoms with E-state index in [1.807, 2.05) is 0 Å². The van der Waals surface area contributed by atoms with Crippen LogP contribution < -0.4 is 10.0 Å². The van der Waals surface area contributed by atoms with Crippen LogP contribution in [0.25, 0.3) is 0 Å². The lowest BCUT2D eigenvalue weighted by Crippen LogP contribution is -2.44. The molecular formula is C12H16FN3O5S. The molecule has 0 aliphatic carbocycles. The number of esters is 1. The van der Waals surface area contributed by atoms with Gasteiger partial charge < -0.3 is 10.1 Å². The molecule has 1 amide bonds. The van der Waals surface area contributed by atoms with Crippen LogP contribution in [-0.4, -0.2) is 51.6 Å². The van der Waals surface area contributed by atoms with Crippen molar-refractivity contribution in [2.75, 3.05) is 20.3 Å². The first kappa shape index (κ1) is 18.0. The topological polar surface area (TPSA) is 114 Å². The third-order valence-corrected chi connectivity index (χ3v) is 4.01. The highest BCUT2D eigenvalue weighted by atomic mass is 32.2. The number of carbonyl (C=O) groups excluding carboxylic acids is 2. The van der Waals surface area contributed by atoms with Crippen LogP contribution in [0.3, 0.4) is 0 Å². The van der Waals surface area contributed by atoms with Crippen molar-refractivity contribution in [2.45, 2.75) is 17.4 Å². The molecular weight excluding hydrogens is 317 g/mol. The number of methoxy groups -OCH3 is 1. The summed E-state index contributed by atoms with van der Waals surface area (Å²) in [5, 5.41) is 2.11. The van der Waals surface area contributed by atoms with Crippen molar-refractivity contribution >= 4 is 21.9 Å². The molecule has 1 aromatic heterocycles. The first-order valence-corrected chi connectivity index (χ1v) is 7.72. The predicted octanol–water partition coefficient (Wildman–Crippen LogP) is -0.623. The summed E-state index contributed by atoms with van der Waals surface area (Å²) in [5.41, 5.74) is 0. The largest absolute Gasteiger partial charge is 0.467 e. The van der Waals surface area contributed by atoms with Gasteiger partial charge in [0.1, 0.15) is 11.6 Å². The lowest BCUT2D eigenvalue weighted by atomic mass is 10.3. The van der Waals surface area contributed by atoms with Crippen LogP contribution in [0.5, 0.6) is 0 Å². The SMILES string of the molecule is COC(=O)C(CF)NC(=O)CCNS(=O)(=O)c1cccnc1. The van der Waals surface area contributed by atoms with Gasteiger partial charge in [-0.2, -0.15) is 0 Å². The second-order valence-electron chi connectivity index (χ2n) is 4.13. The Morgan fingerprint density at radius 1 is 1.45 bits per heavy atom. The molecule has 0 aromatic carbocycles. The minimum atomic E-state index is -3.77. The second-order valence-corrected chi connectivity index (χ2v) is 5.90. The number of aromatic nitrogens is 1. The summed E-state index contributed by atoms with van der Waals surface area (Å²) >= 11 is 0. The Morgan fingerprint density at radius 3 is 2.73 bits per heavy atom. The quantitative estimate of drug-likeness (QED) is 0.613. The highest BCUT2D eigenvalue weighted by Crippen LogP contribution is 2.04. The lowest BCUT2D eigenvalue weighted by Gasteiger charge is -2.13. The molecule has 8 nitrogen and oxygen atoms in total. The third-order valence-electron chi connectivity index (χ3n) is 2.56. The third kappa shape index (κ3) is 5.37. The van der Waals surface area contributed by atoms with Gasteiger partial charge in [-0.15, -0.1) is 0 Å². The van der Waals surface area contributed by atoms with Crippen LogP contribution in [0.15, 0.2) is 29.4 Å². The summed E-state index contributed by atoms with van der Waals surface area (Å²) in [6.07, 6.45) is 2.34. The molecule has 0 saturated heterocycles. The smallest absolute Gasteiger partial charge is 0.331 e. The zero-order valence-electron chi connectivity index (χ0n) is 11.8. The number of alkyl halides is 1. The van der Waals surface area contributed by atoms with E-state index in [2.05, 4.69) is 19.8 Å². The molecule has 1 heterocycles. The van der Waals surface area contributed by atoms with Gasteiger partial charge in [-0.1, -0.05) is 0 Å². The maximum absolute atomic E-state index is 12.6. The number of halogens is 1. The number of nitrogens with zero attached hydrogens (tertiary/aromatic N) is 1. The number of hydrogen-bond donors (Lipinski definition) is 2. The number of ether oxygens (including phenoxy) is 1. The zero-order valence-corrected chi connectivity index (χ0v) is 12.6. The average Bonchev–Trinajstić information content (AvgIpc) is 2.52. The Hall–Kier alpha value is -2.07. The molecule has 0 bridgehead atoms. The van der Waals surface area contributed by atoms with E-state index in [1.165, 1.54) is 24.5 Å². The van der Waals surface area contributed by atoms with Crippen molar-refractivity contribution < 1.29 is 27.1 Å². The van der Waals surface area contributed by atoms with E-state index in [-0.39, 0.29) is 17.9 Å². The Balaban J connectivity index is 2.47. The number of carbonyl (C=O) groups is 2. The summed E-state index contributed by atoms with van der Waals surface area (Å²) in [5.74, 6) is -1.59. The molecule has 0 radical (unpaired) electrons. The fourth-order valence-corrected chi connectivity index (χ4v) is 2.45. The number of amides is 1. The van der Waals surface area contributed by atoms with Gasteiger partial charge >= 0.3 is 5.97 Å².